The van der Waals surface area contributed by atoms with Crippen LogP contribution in [-0.2, 0) is 14.2 Å². The average molecular weight is 267 g/mol. The number of para-hydroxylation sites is 1. The van der Waals surface area contributed by atoms with Crippen molar-refractivity contribution >= 4 is 5.69 Å². The van der Waals surface area contributed by atoms with Crippen LogP contribution in [0.5, 0.6) is 0 Å². The van der Waals surface area contributed by atoms with Gasteiger partial charge in [-0.25, -0.2) is 0 Å². The summed E-state index contributed by atoms with van der Waals surface area (Å²) in [5, 5.41) is 3.33. The lowest BCUT2D eigenvalue weighted by Gasteiger charge is -2.14. The van der Waals surface area contributed by atoms with Gasteiger partial charge in [-0.1, -0.05) is 18.2 Å². The van der Waals surface area contributed by atoms with Crippen LogP contribution in [0.2, 0.25) is 0 Å². The first kappa shape index (κ1) is 16.0. The third-order valence-corrected chi connectivity index (χ3v) is 2.63. The fourth-order valence-corrected chi connectivity index (χ4v) is 1.59. The summed E-state index contributed by atoms with van der Waals surface area (Å²) in [4.78, 5) is 0. The third kappa shape index (κ3) is 8.59. The van der Waals surface area contributed by atoms with Crippen LogP contribution in [-0.4, -0.2) is 46.2 Å². The standard InChI is InChI=1S/C15H25NO3/c1-14(13-16-15-7-4-3-5-8-15)19-12-11-18-10-6-9-17-2/h3-5,7-8,14,16H,6,9-13H2,1-2H3. The van der Waals surface area contributed by atoms with Crippen molar-refractivity contribution < 1.29 is 14.2 Å². The first-order valence-corrected chi connectivity index (χ1v) is 6.80. The van der Waals surface area contributed by atoms with Gasteiger partial charge in [-0.3, -0.25) is 0 Å². The van der Waals surface area contributed by atoms with Crippen molar-refractivity contribution in [1.29, 1.82) is 0 Å². The molecule has 1 N–H and O–H groups in total. The molecule has 1 atom stereocenters. The van der Waals surface area contributed by atoms with E-state index in [1.54, 1.807) is 7.11 Å². The summed E-state index contributed by atoms with van der Waals surface area (Å²) >= 11 is 0. The zero-order valence-corrected chi connectivity index (χ0v) is 11.9. The minimum atomic E-state index is 0.169. The number of methoxy groups -OCH3 is 1. The second kappa shape index (κ2) is 10.8. The molecule has 1 rings (SSSR count). The fourth-order valence-electron chi connectivity index (χ4n) is 1.59. The molecule has 0 aromatic heterocycles. The van der Waals surface area contributed by atoms with E-state index in [4.69, 9.17) is 14.2 Å². The molecular weight excluding hydrogens is 242 g/mol. The Morgan fingerprint density at radius 3 is 2.58 bits per heavy atom. The average Bonchev–Trinajstić information content (AvgIpc) is 2.45. The Kier molecular flexibility index (Phi) is 9.06. The Balaban J connectivity index is 1.95. The van der Waals surface area contributed by atoms with Crippen LogP contribution in [0.25, 0.3) is 0 Å². The fraction of sp³-hybridized carbons (Fsp3) is 0.600. The molecule has 4 heteroatoms. The van der Waals surface area contributed by atoms with E-state index in [0.717, 1.165) is 31.9 Å². The molecule has 1 aromatic carbocycles. The quantitative estimate of drug-likeness (QED) is 0.625. The maximum atomic E-state index is 5.65. The predicted molar refractivity (Wildman–Crippen MR) is 77.7 cm³/mol. The Hall–Kier alpha value is -1.10. The highest BCUT2D eigenvalue weighted by Crippen LogP contribution is 2.05. The molecule has 0 amide bonds. The summed E-state index contributed by atoms with van der Waals surface area (Å²) in [6, 6.07) is 10.1. The molecule has 0 spiro atoms. The highest BCUT2D eigenvalue weighted by molar-refractivity contribution is 5.42. The lowest BCUT2D eigenvalue weighted by atomic mass is 10.3. The molecule has 0 aliphatic heterocycles. The van der Waals surface area contributed by atoms with Crippen LogP contribution in [0.15, 0.2) is 30.3 Å². The Morgan fingerprint density at radius 1 is 1.05 bits per heavy atom. The van der Waals surface area contributed by atoms with Gasteiger partial charge in [0.05, 0.1) is 19.3 Å². The van der Waals surface area contributed by atoms with Crippen LogP contribution in [0, 0.1) is 0 Å². The minimum absolute atomic E-state index is 0.169. The van der Waals surface area contributed by atoms with Crippen LogP contribution < -0.4 is 5.32 Å². The minimum Gasteiger partial charge on any atom is -0.385 e. The highest BCUT2D eigenvalue weighted by Gasteiger charge is 2.01. The molecule has 0 fully saturated rings. The van der Waals surface area contributed by atoms with Gasteiger partial charge in [0.1, 0.15) is 0 Å². The summed E-state index contributed by atoms with van der Waals surface area (Å²) < 4.78 is 16.0. The van der Waals surface area contributed by atoms with Crippen molar-refractivity contribution in [1.82, 2.24) is 0 Å². The van der Waals surface area contributed by atoms with Crippen LogP contribution in [0.1, 0.15) is 13.3 Å². The van der Waals surface area contributed by atoms with E-state index < -0.39 is 0 Å². The lowest BCUT2D eigenvalue weighted by Crippen LogP contribution is -2.22. The molecule has 1 aromatic rings. The summed E-state index contributed by atoms with van der Waals surface area (Å²) in [6.07, 6.45) is 1.10. The number of anilines is 1. The van der Waals surface area contributed by atoms with Crippen LogP contribution in [0.4, 0.5) is 5.69 Å². The van der Waals surface area contributed by atoms with E-state index in [-0.39, 0.29) is 6.10 Å². The topological polar surface area (TPSA) is 39.7 Å². The summed E-state index contributed by atoms with van der Waals surface area (Å²) in [6.45, 7) is 5.60. The normalized spacial score (nSPS) is 12.3. The van der Waals surface area contributed by atoms with Gasteiger partial charge >= 0.3 is 0 Å². The van der Waals surface area contributed by atoms with E-state index in [0.29, 0.717) is 13.2 Å². The molecule has 0 radical (unpaired) electrons. The second-order valence-electron chi connectivity index (χ2n) is 4.39. The molecular formula is C15H25NO3. The van der Waals surface area contributed by atoms with Crippen molar-refractivity contribution in [2.45, 2.75) is 19.4 Å². The van der Waals surface area contributed by atoms with Gasteiger partial charge in [0.2, 0.25) is 0 Å². The first-order chi connectivity index (χ1) is 9.33. The van der Waals surface area contributed by atoms with Gasteiger partial charge in [0.15, 0.2) is 0 Å². The SMILES string of the molecule is COCCCOCCOC(C)CNc1ccccc1. The number of rotatable bonds is 11. The van der Waals surface area contributed by atoms with Crippen molar-refractivity contribution in [2.75, 3.05) is 45.4 Å². The number of benzene rings is 1. The molecule has 0 saturated carbocycles. The van der Waals surface area contributed by atoms with Gasteiger partial charge in [-0.2, -0.15) is 0 Å². The zero-order chi connectivity index (χ0) is 13.8. The molecule has 0 saturated heterocycles. The summed E-state index contributed by atoms with van der Waals surface area (Å²) in [7, 11) is 1.70. The Morgan fingerprint density at radius 2 is 1.84 bits per heavy atom. The van der Waals surface area contributed by atoms with E-state index >= 15 is 0 Å². The van der Waals surface area contributed by atoms with E-state index in [1.807, 2.05) is 30.3 Å². The molecule has 108 valence electrons. The molecule has 0 aliphatic carbocycles. The molecule has 0 heterocycles. The molecule has 1 unspecified atom stereocenters. The Labute approximate surface area is 116 Å². The lowest BCUT2D eigenvalue weighted by molar-refractivity contribution is 0.0131. The van der Waals surface area contributed by atoms with E-state index in [1.165, 1.54) is 0 Å². The first-order valence-electron chi connectivity index (χ1n) is 6.80. The third-order valence-electron chi connectivity index (χ3n) is 2.63. The number of hydrogen-bond acceptors (Lipinski definition) is 4. The predicted octanol–water partition coefficient (Wildman–Crippen LogP) is 2.56. The number of nitrogens with one attached hydrogen (secondary N) is 1. The van der Waals surface area contributed by atoms with E-state index in [2.05, 4.69) is 12.2 Å². The maximum Gasteiger partial charge on any atom is 0.0720 e. The van der Waals surface area contributed by atoms with Crippen molar-refractivity contribution in [2.24, 2.45) is 0 Å². The van der Waals surface area contributed by atoms with Gasteiger partial charge in [0.25, 0.3) is 0 Å². The molecule has 19 heavy (non-hydrogen) atoms. The van der Waals surface area contributed by atoms with Gasteiger partial charge in [0, 0.05) is 32.6 Å². The van der Waals surface area contributed by atoms with Crippen molar-refractivity contribution in [3.8, 4) is 0 Å². The van der Waals surface area contributed by atoms with Crippen LogP contribution >= 0.6 is 0 Å². The Bertz CT molecular complexity index is 306. The highest BCUT2D eigenvalue weighted by atomic mass is 16.5. The molecule has 0 aliphatic rings. The molecule has 4 nitrogen and oxygen atoms in total. The number of hydrogen-bond donors (Lipinski definition) is 1. The van der Waals surface area contributed by atoms with Crippen molar-refractivity contribution in [3.05, 3.63) is 30.3 Å². The van der Waals surface area contributed by atoms with Crippen molar-refractivity contribution in [3.63, 3.8) is 0 Å². The zero-order valence-electron chi connectivity index (χ0n) is 11.9. The maximum absolute atomic E-state index is 5.65. The largest absolute Gasteiger partial charge is 0.385 e. The van der Waals surface area contributed by atoms with Gasteiger partial charge in [-0.15, -0.1) is 0 Å². The summed E-state index contributed by atoms with van der Waals surface area (Å²) in [5.41, 5.74) is 1.12. The van der Waals surface area contributed by atoms with Crippen LogP contribution in [0.3, 0.4) is 0 Å². The molecule has 0 bridgehead atoms. The smallest absolute Gasteiger partial charge is 0.0720 e. The summed E-state index contributed by atoms with van der Waals surface area (Å²) in [5.74, 6) is 0. The number of ether oxygens (including phenoxy) is 3. The van der Waals surface area contributed by atoms with Gasteiger partial charge in [-0.05, 0) is 25.5 Å². The van der Waals surface area contributed by atoms with Gasteiger partial charge < -0.3 is 19.5 Å². The van der Waals surface area contributed by atoms with E-state index in [9.17, 15) is 0 Å². The monoisotopic (exact) mass is 267 g/mol. The second-order valence-corrected chi connectivity index (χ2v) is 4.39.